The van der Waals surface area contributed by atoms with Crippen LogP contribution < -0.4 is 10.5 Å². The van der Waals surface area contributed by atoms with Crippen molar-refractivity contribution < 1.29 is 4.74 Å². The van der Waals surface area contributed by atoms with Crippen LogP contribution in [0.4, 0.5) is 5.69 Å². The lowest BCUT2D eigenvalue weighted by molar-refractivity contribution is 0.306. The van der Waals surface area contributed by atoms with Crippen molar-refractivity contribution in [1.29, 1.82) is 0 Å². The van der Waals surface area contributed by atoms with Gasteiger partial charge in [-0.15, -0.1) is 0 Å². The number of hydrogen-bond acceptors (Lipinski definition) is 3. The largest absolute Gasteiger partial charge is 0.489 e. The molecule has 2 aromatic carbocycles. The molecular formula is C18H16N2O. The first-order chi connectivity index (χ1) is 10.3. The molecule has 0 amide bonds. The summed E-state index contributed by atoms with van der Waals surface area (Å²) in [5.41, 5.74) is 9.80. The molecule has 0 radical (unpaired) electrons. The van der Waals surface area contributed by atoms with Crippen LogP contribution >= 0.6 is 0 Å². The first-order valence-corrected chi connectivity index (χ1v) is 6.79. The number of anilines is 1. The number of nitrogens with zero attached hydrogens (tertiary/aromatic N) is 1. The minimum Gasteiger partial charge on any atom is -0.489 e. The van der Waals surface area contributed by atoms with Crippen molar-refractivity contribution in [3.05, 3.63) is 78.6 Å². The molecule has 0 fully saturated rings. The molecule has 0 aliphatic rings. The molecule has 21 heavy (non-hydrogen) atoms. The van der Waals surface area contributed by atoms with Gasteiger partial charge in [0.15, 0.2) is 0 Å². The molecule has 0 spiro atoms. The molecule has 0 atom stereocenters. The molecule has 3 aromatic rings. The molecule has 3 nitrogen and oxygen atoms in total. The summed E-state index contributed by atoms with van der Waals surface area (Å²) in [4.78, 5) is 4.13. The van der Waals surface area contributed by atoms with E-state index in [0.717, 1.165) is 22.4 Å². The maximum Gasteiger partial charge on any atom is 0.122 e. The van der Waals surface area contributed by atoms with E-state index >= 15 is 0 Å². The molecule has 0 saturated carbocycles. The number of ether oxygens (including phenoxy) is 1. The SMILES string of the molecule is Nc1cc(OCc2ccccc2)cc(-c2cccnc2)c1. The van der Waals surface area contributed by atoms with Gasteiger partial charge in [-0.3, -0.25) is 4.98 Å². The van der Waals surface area contributed by atoms with Gasteiger partial charge in [0.1, 0.15) is 12.4 Å². The average Bonchev–Trinajstić information content (AvgIpc) is 2.54. The molecule has 2 N–H and O–H groups in total. The van der Waals surface area contributed by atoms with Crippen LogP contribution in [0.3, 0.4) is 0 Å². The van der Waals surface area contributed by atoms with Crippen LogP contribution in [0.25, 0.3) is 11.1 Å². The molecule has 0 saturated heterocycles. The molecule has 0 aliphatic heterocycles. The molecule has 3 rings (SSSR count). The van der Waals surface area contributed by atoms with Crippen molar-refractivity contribution in [2.24, 2.45) is 0 Å². The third-order valence-electron chi connectivity index (χ3n) is 3.17. The van der Waals surface area contributed by atoms with Crippen molar-refractivity contribution in [2.75, 3.05) is 5.73 Å². The van der Waals surface area contributed by atoms with E-state index in [1.807, 2.05) is 66.9 Å². The van der Waals surface area contributed by atoms with Gasteiger partial charge in [0, 0.05) is 29.7 Å². The van der Waals surface area contributed by atoms with Crippen molar-refractivity contribution in [3.63, 3.8) is 0 Å². The fraction of sp³-hybridized carbons (Fsp3) is 0.0556. The lowest BCUT2D eigenvalue weighted by atomic mass is 10.1. The lowest BCUT2D eigenvalue weighted by Gasteiger charge is -2.10. The molecule has 0 aliphatic carbocycles. The van der Waals surface area contributed by atoms with E-state index in [2.05, 4.69) is 4.98 Å². The molecule has 3 heteroatoms. The Labute approximate surface area is 124 Å². The molecule has 104 valence electrons. The van der Waals surface area contributed by atoms with E-state index in [0.29, 0.717) is 12.3 Å². The first kappa shape index (κ1) is 13.2. The maximum absolute atomic E-state index is 5.97. The summed E-state index contributed by atoms with van der Waals surface area (Å²) in [6, 6.07) is 19.7. The van der Waals surface area contributed by atoms with E-state index in [1.165, 1.54) is 0 Å². The van der Waals surface area contributed by atoms with Gasteiger partial charge in [0.05, 0.1) is 0 Å². The van der Waals surface area contributed by atoms with E-state index in [9.17, 15) is 0 Å². The predicted molar refractivity (Wildman–Crippen MR) is 84.9 cm³/mol. The second-order valence-electron chi connectivity index (χ2n) is 4.81. The van der Waals surface area contributed by atoms with Crippen molar-refractivity contribution in [2.45, 2.75) is 6.61 Å². The van der Waals surface area contributed by atoms with Gasteiger partial charge in [-0.05, 0) is 29.3 Å². The number of aromatic nitrogens is 1. The highest BCUT2D eigenvalue weighted by atomic mass is 16.5. The van der Waals surface area contributed by atoms with E-state index in [-0.39, 0.29) is 0 Å². The summed E-state index contributed by atoms with van der Waals surface area (Å²) in [5, 5.41) is 0. The number of rotatable bonds is 4. The number of hydrogen-bond donors (Lipinski definition) is 1. The fourth-order valence-electron chi connectivity index (χ4n) is 2.15. The highest BCUT2D eigenvalue weighted by Gasteiger charge is 2.03. The summed E-state index contributed by atoms with van der Waals surface area (Å²) in [6.07, 6.45) is 3.57. The van der Waals surface area contributed by atoms with Gasteiger partial charge in [0.2, 0.25) is 0 Å². The Bertz CT molecular complexity index is 712. The molecular weight excluding hydrogens is 260 g/mol. The van der Waals surface area contributed by atoms with Gasteiger partial charge in [0.25, 0.3) is 0 Å². The summed E-state index contributed by atoms with van der Waals surface area (Å²) >= 11 is 0. The number of benzene rings is 2. The zero-order valence-electron chi connectivity index (χ0n) is 11.6. The van der Waals surface area contributed by atoms with Crippen molar-refractivity contribution in [1.82, 2.24) is 4.98 Å². The Balaban J connectivity index is 1.82. The van der Waals surface area contributed by atoms with Crippen LogP contribution in [-0.4, -0.2) is 4.98 Å². The number of nitrogen functional groups attached to an aromatic ring is 1. The van der Waals surface area contributed by atoms with E-state index < -0.39 is 0 Å². The minimum absolute atomic E-state index is 0.525. The monoisotopic (exact) mass is 276 g/mol. The smallest absolute Gasteiger partial charge is 0.122 e. The summed E-state index contributed by atoms with van der Waals surface area (Å²) in [6.45, 7) is 0.525. The van der Waals surface area contributed by atoms with Crippen LogP contribution in [-0.2, 0) is 6.61 Å². The molecule has 1 aromatic heterocycles. The average molecular weight is 276 g/mol. The summed E-state index contributed by atoms with van der Waals surface area (Å²) in [5.74, 6) is 0.762. The summed E-state index contributed by atoms with van der Waals surface area (Å²) in [7, 11) is 0. The number of pyridine rings is 1. The Morgan fingerprint density at radius 1 is 0.905 bits per heavy atom. The first-order valence-electron chi connectivity index (χ1n) is 6.79. The third kappa shape index (κ3) is 3.39. The van der Waals surface area contributed by atoms with Crippen LogP contribution in [0.15, 0.2) is 73.1 Å². The second kappa shape index (κ2) is 6.09. The van der Waals surface area contributed by atoms with Crippen molar-refractivity contribution in [3.8, 4) is 16.9 Å². The Hall–Kier alpha value is -2.81. The topological polar surface area (TPSA) is 48.1 Å². The minimum atomic E-state index is 0.525. The van der Waals surface area contributed by atoms with Gasteiger partial charge in [-0.2, -0.15) is 0 Å². The molecule has 0 unspecified atom stereocenters. The second-order valence-corrected chi connectivity index (χ2v) is 4.81. The Morgan fingerprint density at radius 3 is 2.52 bits per heavy atom. The summed E-state index contributed by atoms with van der Waals surface area (Å²) < 4.78 is 5.83. The zero-order valence-corrected chi connectivity index (χ0v) is 11.6. The predicted octanol–water partition coefficient (Wildman–Crippen LogP) is 3.91. The third-order valence-corrected chi connectivity index (χ3v) is 3.17. The normalized spacial score (nSPS) is 10.3. The Kier molecular flexibility index (Phi) is 3.83. The number of nitrogens with two attached hydrogens (primary N) is 1. The highest BCUT2D eigenvalue weighted by Crippen LogP contribution is 2.27. The molecule has 0 bridgehead atoms. The quantitative estimate of drug-likeness (QED) is 0.735. The fourth-order valence-corrected chi connectivity index (χ4v) is 2.15. The van der Waals surface area contributed by atoms with Crippen LogP contribution in [0.2, 0.25) is 0 Å². The van der Waals surface area contributed by atoms with Crippen molar-refractivity contribution >= 4 is 5.69 Å². The van der Waals surface area contributed by atoms with E-state index in [4.69, 9.17) is 10.5 Å². The van der Waals surface area contributed by atoms with Gasteiger partial charge in [-0.25, -0.2) is 0 Å². The van der Waals surface area contributed by atoms with Gasteiger partial charge >= 0.3 is 0 Å². The zero-order chi connectivity index (χ0) is 14.5. The maximum atomic E-state index is 5.97. The van der Waals surface area contributed by atoms with Gasteiger partial charge in [-0.1, -0.05) is 36.4 Å². The van der Waals surface area contributed by atoms with Crippen LogP contribution in [0.1, 0.15) is 5.56 Å². The Morgan fingerprint density at radius 2 is 1.76 bits per heavy atom. The lowest BCUT2D eigenvalue weighted by Crippen LogP contribution is -1.96. The van der Waals surface area contributed by atoms with Crippen LogP contribution in [0.5, 0.6) is 5.75 Å². The van der Waals surface area contributed by atoms with Crippen LogP contribution in [0, 0.1) is 0 Å². The standard InChI is InChI=1S/C18H16N2O/c19-17-9-16(15-7-4-8-20-12-15)10-18(11-17)21-13-14-5-2-1-3-6-14/h1-12H,13,19H2. The van der Waals surface area contributed by atoms with E-state index in [1.54, 1.807) is 6.20 Å². The van der Waals surface area contributed by atoms with Gasteiger partial charge < -0.3 is 10.5 Å². The molecule has 1 heterocycles. The highest BCUT2D eigenvalue weighted by molar-refractivity contribution is 5.68.